The number of rotatable bonds is 5. The Hall–Kier alpha value is -2.57. The van der Waals surface area contributed by atoms with Gasteiger partial charge in [0.2, 0.25) is 0 Å². The molecular formula is C14H19N5O2. The van der Waals surface area contributed by atoms with Crippen LogP contribution in [0.15, 0.2) is 31.0 Å². The van der Waals surface area contributed by atoms with Crippen LogP contribution >= 0.6 is 0 Å². The molecule has 0 aliphatic heterocycles. The first-order valence-electron chi connectivity index (χ1n) is 6.67. The van der Waals surface area contributed by atoms with E-state index in [9.17, 15) is 4.79 Å². The zero-order valence-electron chi connectivity index (χ0n) is 12.3. The van der Waals surface area contributed by atoms with E-state index in [1.165, 1.54) is 0 Å². The number of nitrogens with zero attached hydrogens (tertiary/aromatic N) is 3. The van der Waals surface area contributed by atoms with Gasteiger partial charge in [0.15, 0.2) is 5.75 Å². The first kappa shape index (κ1) is 14.8. The number of hydrogen-bond acceptors (Lipinski definition) is 4. The molecule has 2 amide bonds. The largest absolute Gasteiger partial charge is 0.487 e. The molecule has 0 saturated carbocycles. The van der Waals surface area contributed by atoms with Crippen LogP contribution in [0, 0.1) is 0 Å². The third-order valence-electron chi connectivity index (χ3n) is 2.58. The quantitative estimate of drug-likeness (QED) is 0.881. The molecular weight excluding hydrogens is 270 g/mol. The lowest BCUT2D eigenvalue weighted by atomic mass is 10.3. The number of pyridine rings is 1. The Morgan fingerprint density at radius 3 is 2.95 bits per heavy atom. The van der Waals surface area contributed by atoms with Gasteiger partial charge in [-0.2, -0.15) is 0 Å². The van der Waals surface area contributed by atoms with Gasteiger partial charge in [0.05, 0.1) is 36.6 Å². The number of carbonyl (C=O) groups excluding carboxylic acids is 1. The van der Waals surface area contributed by atoms with Crippen LogP contribution in [0.4, 0.5) is 10.5 Å². The van der Waals surface area contributed by atoms with Crippen molar-refractivity contribution in [2.45, 2.75) is 26.5 Å². The monoisotopic (exact) mass is 289 g/mol. The van der Waals surface area contributed by atoms with Crippen molar-refractivity contribution < 1.29 is 9.53 Å². The van der Waals surface area contributed by atoms with E-state index in [4.69, 9.17) is 4.74 Å². The Bertz CT molecular complexity index is 609. The highest BCUT2D eigenvalue weighted by molar-refractivity contribution is 5.90. The summed E-state index contributed by atoms with van der Waals surface area (Å²) in [6, 6.07) is 1.37. The molecule has 0 radical (unpaired) electrons. The van der Waals surface area contributed by atoms with Gasteiger partial charge in [-0.3, -0.25) is 4.98 Å². The second-order valence-corrected chi connectivity index (χ2v) is 4.88. The van der Waals surface area contributed by atoms with Crippen molar-refractivity contribution in [1.82, 2.24) is 19.9 Å². The number of ether oxygens (including phenoxy) is 1. The summed E-state index contributed by atoms with van der Waals surface area (Å²) in [4.78, 5) is 20.0. The number of nitrogens with one attached hydrogen (secondary N) is 2. The Morgan fingerprint density at radius 2 is 2.29 bits per heavy atom. The molecule has 7 heteroatoms. The van der Waals surface area contributed by atoms with Gasteiger partial charge in [0.1, 0.15) is 0 Å². The van der Waals surface area contributed by atoms with E-state index in [2.05, 4.69) is 20.6 Å². The second kappa shape index (κ2) is 6.74. The molecule has 0 aromatic carbocycles. The number of amides is 2. The maximum absolute atomic E-state index is 11.9. The lowest BCUT2D eigenvalue weighted by Crippen LogP contribution is -2.28. The van der Waals surface area contributed by atoms with E-state index < -0.39 is 0 Å². The fourth-order valence-corrected chi connectivity index (χ4v) is 1.73. The van der Waals surface area contributed by atoms with Gasteiger partial charge in [-0.15, -0.1) is 0 Å². The van der Waals surface area contributed by atoms with Gasteiger partial charge in [-0.25, -0.2) is 9.78 Å². The lowest BCUT2D eigenvalue weighted by molar-refractivity contribution is 0.241. The first-order valence-corrected chi connectivity index (χ1v) is 6.67. The van der Waals surface area contributed by atoms with Gasteiger partial charge in [-0.1, -0.05) is 0 Å². The molecule has 112 valence electrons. The topological polar surface area (TPSA) is 81.1 Å². The van der Waals surface area contributed by atoms with Gasteiger partial charge >= 0.3 is 6.03 Å². The molecule has 2 aromatic rings. The van der Waals surface area contributed by atoms with Crippen LogP contribution in [0.2, 0.25) is 0 Å². The average Bonchev–Trinajstić information content (AvgIpc) is 2.84. The number of urea groups is 1. The Balaban J connectivity index is 1.93. The fraction of sp³-hybridized carbons (Fsp3) is 0.357. The van der Waals surface area contributed by atoms with Gasteiger partial charge in [0, 0.05) is 19.4 Å². The highest BCUT2D eigenvalue weighted by Crippen LogP contribution is 2.23. The van der Waals surface area contributed by atoms with E-state index in [0.717, 1.165) is 5.69 Å². The standard InChI is InChI=1S/C14H19N5O2/c1-10(2)21-13-7-15-5-4-12(13)18-14(20)16-6-11-8-19(3)9-17-11/h4-5,7-10H,6H2,1-3H3,(H2,15,16,18,20). The zero-order valence-corrected chi connectivity index (χ0v) is 12.3. The summed E-state index contributed by atoms with van der Waals surface area (Å²) in [5.41, 5.74) is 1.37. The van der Waals surface area contributed by atoms with E-state index in [-0.39, 0.29) is 12.1 Å². The summed E-state index contributed by atoms with van der Waals surface area (Å²) >= 11 is 0. The smallest absolute Gasteiger partial charge is 0.319 e. The van der Waals surface area contributed by atoms with Crippen molar-refractivity contribution in [3.8, 4) is 5.75 Å². The van der Waals surface area contributed by atoms with Crippen molar-refractivity contribution in [2.24, 2.45) is 7.05 Å². The molecule has 7 nitrogen and oxygen atoms in total. The number of imidazole rings is 1. The second-order valence-electron chi connectivity index (χ2n) is 4.88. The predicted molar refractivity (Wildman–Crippen MR) is 79.1 cm³/mol. The summed E-state index contributed by atoms with van der Waals surface area (Å²) in [5, 5.41) is 5.48. The van der Waals surface area contributed by atoms with Gasteiger partial charge in [-0.05, 0) is 19.9 Å². The number of anilines is 1. The van der Waals surface area contributed by atoms with E-state index in [0.29, 0.717) is 18.0 Å². The molecule has 0 saturated heterocycles. The van der Waals surface area contributed by atoms with Crippen molar-refractivity contribution >= 4 is 11.7 Å². The van der Waals surface area contributed by atoms with Gasteiger partial charge in [0.25, 0.3) is 0 Å². The Morgan fingerprint density at radius 1 is 1.48 bits per heavy atom. The number of aryl methyl sites for hydroxylation is 1. The molecule has 2 N–H and O–H groups in total. The van der Waals surface area contributed by atoms with Crippen LogP contribution in [-0.2, 0) is 13.6 Å². The minimum atomic E-state index is -0.319. The minimum absolute atomic E-state index is 0.00586. The SMILES string of the molecule is CC(C)Oc1cnccc1NC(=O)NCc1cn(C)cn1. The summed E-state index contributed by atoms with van der Waals surface area (Å²) < 4.78 is 7.42. The Labute approximate surface area is 123 Å². The van der Waals surface area contributed by atoms with Crippen LogP contribution in [0.3, 0.4) is 0 Å². The van der Waals surface area contributed by atoms with E-state index >= 15 is 0 Å². The van der Waals surface area contributed by atoms with E-state index in [1.54, 1.807) is 24.8 Å². The third-order valence-corrected chi connectivity index (χ3v) is 2.58. The summed E-state index contributed by atoms with van der Waals surface area (Å²) in [6.07, 6.45) is 6.72. The van der Waals surface area contributed by atoms with Crippen LogP contribution in [0.1, 0.15) is 19.5 Å². The molecule has 0 aliphatic carbocycles. The van der Waals surface area contributed by atoms with E-state index in [1.807, 2.05) is 31.7 Å². The molecule has 2 rings (SSSR count). The molecule has 0 bridgehead atoms. The summed E-state index contributed by atoms with van der Waals surface area (Å²) in [5.74, 6) is 0.542. The summed E-state index contributed by atoms with van der Waals surface area (Å²) in [6.45, 7) is 4.19. The van der Waals surface area contributed by atoms with Crippen molar-refractivity contribution in [3.05, 3.63) is 36.7 Å². The maximum atomic E-state index is 11.9. The maximum Gasteiger partial charge on any atom is 0.319 e. The lowest BCUT2D eigenvalue weighted by Gasteiger charge is -2.14. The molecule has 0 spiro atoms. The van der Waals surface area contributed by atoms with Gasteiger partial charge < -0.3 is 19.9 Å². The number of carbonyl (C=O) groups is 1. The van der Waals surface area contributed by atoms with Crippen LogP contribution in [0.25, 0.3) is 0 Å². The highest BCUT2D eigenvalue weighted by atomic mass is 16.5. The molecule has 0 aliphatic rings. The number of aromatic nitrogens is 3. The number of hydrogen-bond donors (Lipinski definition) is 2. The first-order chi connectivity index (χ1) is 10.0. The molecule has 2 aromatic heterocycles. The van der Waals surface area contributed by atoms with Crippen molar-refractivity contribution in [1.29, 1.82) is 0 Å². The van der Waals surface area contributed by atoms with Crippen LogP contribution < -0.4 is 15.4 Å². The average molecular weight is 289 g/mol. The normalized spacial score (nSPS) is 10.5. The molecule has 0 unspecified atom stereocenters. The third kappa shape index (κ3) is 4.48. The van der Waals surface area contributed by atoms with Crippen molar-refractivity contribution in [2.75, 3.05) is 5.32 Å². The summed E-state index contributed by atoms with van der Waals surface area (Å²) in [7, 11) is 1.88. The molecule has 21 heavy (non-hydrogen) atoms. The Kier molecular flexibility index (Phi) is 4.76. The molecule has 0 fully saturated rings. The van der Waals surface area contributed by atoms with Crippen LogP contribution in [0.5, 0.6) is 5.75 Å². The predicted octanol–water partition coefficient (Wildman–Crippen LogP) is 1.92. The molecule has 0 atom stereocenters. The minimum Gasteiger partial charge on any atom is -0.487 e. The zero-order chi connectivity index (χ0) is 15.2. The van der Waals surface area contributed by atoms with Crippen LogP contribution in [-0.4, -0.2) is 26.7 Å². The van der Waals surface area contributed by atoms with Crippen molar-refractivity contribution in [3.63, 3.8) is 0 Å². The molecule has 2 heterocycles. The fourth-order valence-electron chi connectivity index (χ4n) is 1.73. The highest BCUT2D eigenvalue weighted by Gasteiger charge is 2.09.